The second-order valence-corrected chi connectivity index (χ2v) is 9.97. The zero-order valence-corrected chi connectivity index (χ0v) is 21.6. The van der Waals surface area contributed by atoms with E-state index in [1.54, 1.807) is 22.7 Å². The van der Waals surface area contributed by atoms with Crippen molar-refractivity contribution < 1.29 is 14.3 Å². The van der Waals surface area contributed by atoms with Crippen LogP contribution in [0.1, 0.15) is 23.6 Å². The first-order chi connectivity index (χ1) is 17.0. The van der Waals surface area contributed by atoms with Gasteiger partial charge in [-0.1, -0.05) is 54.3 Å². The fourth-order valence-electron chi connectivity index (χ4n) is 3.50. The van der Waals surface area contributed by atoms with Gasteiger partial charge < -0.3 is 9.47 Å². The Balaban J connectivity index is 1.56. The molecule has 35 heavy (non-hydrogen) atoms. The molecule has 1 heterocycles. The van der Waals surface area contributed by atoms with E-state index in [4.69, 9.17) is 21.7 Å². The number of nitrogens with zero attached hydrogens (tertiary/aromatic N) is 2. The van der Waals surface area contributed by atoms with Gasteiger partial charge >= 0.3 is 0 Å². The third kappa shape index (κ3) is 5.70. The van der Waals surface area contributed by atoms with Crippen LogP contribution in [-0.4, -0.2) is 23.1 Å². The van der Waals surface area contributed by atoms with Crippen LogP contribution in [-0.2, 0) is 11.4 Å². The molecular weight excluding hydrogens is 497 g/mol. The van der Waals surface area contributed by atoms with Gasteiger partial charge in [0.1, 0.15) is 6.61 Å². The number of ether oxygens (including phenoxy) is 2. The van der Waals surface area contributed by atoms with Crippen molar-refractivity contribution in [2.45, 2.75) is 18.4 Å². The SMILES string of the molecule is CCOc1cc(/C=C2/SC(=S)N(c3cccc(SC)c3)C2=O)ccc1OCc1ccccc1C#N. The number of hydrogen-bond donors (Lipinski definition) is 0. The number of thioether (sulfide) groups is 2. The highest BCUT2D eigenvalue weighted by molar-refractivity contribution is 8.27. The number of rotatable bonds is 8. The number of amides is 1. The van der Waals surface area contributed by atoms with Crippen LogP contribution in [0.5, 0.6) is 11.5 Å². The van der Waals surface area contributed by atoms with Crippen molar-refractivity contribution in [3.63, 3.8) is 0 Å². The molecule has 1 aliphatic heterocycles. The maximum absolute atomic E-state index is 13.2. The Labute approximate surface area is 218 Å². The summed E-state index contributed by atoms with van der Waals surface area (Å²) in [5, 5.41) is 9.30. The Morgan fingerprint density at radius 3 is 2.69 bits per heavy atom. The van der Waals surface area contributed by atoms with Gasteiger partial charge in [-0.15, -0.1) is 11.8 Å². The van der Waals surface area contributed by atoms with E-state index in [1.165, 1.54) is 11.8 Å². The molecule has 0 N–H and O–H groups in total. The highest BCUT2D eigenvalue weighted by atomic mass is 32.2. The topological polar surface area (TPSA) is 62.6 Å². The van der Waals surface area contributed by atoms with Crippen molar-refractivity contribution in [1.82, 2.24) is 0 Å². The average molecular weight is 519 g/mol. The first kappa shape index (κ1) is 24.9. The lowest BCUT2D eigenvalue weighted by molar-refractivity contribution is -0.113. The zero-order valence-electron chi connectivity index (χ0n) is 19.2. The Kier molecular flexibility index (Phi) is 8.13. The summed E-state index contributed by atoms with van der Waals surface area (Å²) in [6.45, 7) is 2.61. The molecule has 1 aliphatic rings. The van der Waals surface area contributed by atoms with Crippen LogP contribution >= 0.6 is 35.7 Å². The van der Waals surface area contributed by atoms with Gasteiger partial charge in [-0.05, 0) is 61.2 Å². The number of hydrogen-bond acceptors (Lipinski definition) is 7. The molecule has 0 radical (unpaired) electrons. The van der Waals surface area contributed by atoms with Crippen LogP contribution in [0.4, 0.5) is 5.69 Å². The summed E-state index contributed by atoms with van der Waals surface area (Å²) in [6, 6.07) is 22.8. The fraction of sp³-hybridized carbons (Fsp3) is 0.148. The number of nitriles is 1. The van der Waals surface area contributed by atoms with Crippen molar-refractivity contribution in [2.24, 2.45) is 0 Å². The standard InChI is InChI=1S/C27H22N2O3S3/c1-3-31-24-13-18(11-12-23(24)32-17-20-8-5-4-7-19(20)16-28)14-25-26(30)29(27(33)35-25)21-9-6-10-22(15-21)34-2/h4-15H,3,17H2,1-2H3/b25-14+. The Morgan fingerprint density at radius 2 is 1.91 bits per heavy atom. The normalized spacial score (nSPS) is 14.3. The van der Waals surface area contributed by atoms with E-state index < -0.39 is 0 Å². The molecule has 1 amide bonds. The largest absolute Gasteiger partial charge is 0.490 e. The molecule has 8 heteroatoms. The highest BCUT2D eigenvalue weighted by Crippen LogP contribution is 2.38. The summed E-state index contributed by atoms with van der Waals surface area (Å²) in [5.74, 6) is 0.988. The molecule has 0 bridgehead atoms. The first-order valence-electron chi connectivity index (χ1n) is 10.8. The third-order valence-corrected chi connectivity index (χ3v) is 7.22. The summed E-state index contributed by atoms with van der Waals surface area (Å²) in [4.78, 5) is 16.4. The van der Waals surface area contributed by atoms with Gasteiger partial charge in [-0.25, -0.2) is 0 Å². The van der Waals surface area contributed by atoms with Gasteiger partial charge in [0, 0.05) is 10.5 Å². The minimum atomic E-state index is -0.148. The van der Waals surface area contributed by atoms with E-state index in [0.717, 1.165) is 21.7 Å². The average Bonchev–Trinajstić information content (AvgIpc) is 3.16. The van der Waals surface area contributed by atoms with E-state index in [9.17, 15) is 10.1 Å². The molecule has 0 aliphatic carbocycles. The number of carbonyl (C=O) groups is 1. The van der Waals surface area contributed by atoms with Crippen molar-refractivity contribution in [1.29, 1.82) is 5.26 Å². The van der Waals surface area contributed by atoms with E-state index in [1.807, 2.05) is 79.9 Å². The van der Waals surface area contributed by atoms with Gasteiger partial charge in [0.15, 0.2) is 15.8 Å². The van der Waals surface area contributed by atoms with Crippen molar-refractivity contribution in [2.75, 3.05) is 17.8 Å². The lowest BCUT2D eigenvalue weighted by Crippen LogP contribution is -2.27. The minimum Gasteiger partial charge on any atom is -0.490 e. The molecule has 0 saturated carbocycles. The molecular formula is C27H22N2O3S3. The van der Waals surface area contributed by atoms with Crippen molar-refractivity contribution in [3.05, 3.63) is 88.3 Å². The smallest absolute Gasteiger partial charge is 0.270 e. The summed E-state index contributed by atoms with van der Waals surface area (Å²) in [5.41, 5.74) is 2.94. The molecule has 1 saturated heterocycles. The molecule has 3 aromatic carbocycles. The number of carbonyl (C=O) groups excluding carboxylic acids is 1. The summed E-state index contributed by atoms with van der Waals surface area (Å²) in [7, 11) is 0. The van der Waals surface area contributed by atoms with Crippen LogP contribution in [0, 0.1) is 11.3 Å². The molecule has 3 aromatic rings. The van der Waals surface area contributed by atoms with Crippen LogP contribution in [0.3, 0.4) is 0 Å². The van der Waals surface area contributed by atoms with Crippen molar-refractivity contribution in [3.8, 4) is 17.6 Å². The maximum Gasteiger partial charge on any atom is 0.270 e. The van der Waals surface area contributed by atoms with E-state index in [0.29, 0.717) is 32.9 Å². The second kappa shape index (κ2) is 11.5. The molecule has 4 rings (SSSR count). The van der Waals surface area contributed by atoms with Gasteiger partial charge in [0.05, 0.1) is 28.8 Å². The van der Waals surface area contributed by atoms with E-state index in [2.05, 4.69) is 6.07 Å². The fourth-order valence-corrected chi connectivity index (χ4v) is 5.26. The quantitative estimate of drug-likeness (QED) is 0.188. The van der Waals surface area contributed by atoms with Crippen LogP contribution in [0.25, 0.3) is 6.08 Å². The molecule has 5 nitrogen and oxygen atoms in total. The van der Waals surface area contributed by atoms with Crippen LogP contribution in [0.2, 0.25) is 0 Å². The van der Waals surface area contributed by atoms with Crippen LogP contribution in [0.15, 0.2) is 76.5 Å². The Morgan fingerprint density at radius 1 is 1.09 bits per heavy atom. The Hall–Kier alpha value is -3.25. The monoisotopic (exact) mass is 518 g/mol. The minimum absolute atomic E-state index is 0.148. The van der Waals surface area contributed by atoms with E-state index in [-0.39, 0.29) is 12.5 Å². The third-order valence-electron chi connectivity index (χ3n) is 5.19. The van der Waals surface area contributed by atoms with Gasteiger partial charge in [0.25, 0.3) is 5.91 Å². The maximum atomic E-state index is 13.2. The highest BCUT2D eigenvalue weighted by Gasteiger charge is 2.33. The second-order valence-electron chi connectivity index (χ2n) is 7.42. The summed E-state index contributed by atoms with van der Waals surface area (Å²) < 4.78 is 12.3. The lowest BCUT2D eigenvalue weighted by Gasteiger charge is -2.15. The number of benzene rings is 3. The molecule has 0 unspecified atom stereocenters. The molecule has 0 spiro atoms. The number of thiocarbonyl (C=S) groups is 1. The van der Waals surface area contributed by atoms with E-state index >= 15 is 0 Å². The Bertz CT molecular complexity index is 1350. The predicted octanol–water partition coefficient (Wildman–Crippen LogP) is 6.66. The first-order valence-corrected chi connectivity index (χ1v) is 13.3. The number of anilines is 1. The summed E-state index contributed by atoms with van der Waals surface area (Å²) >= 11 is 8.41. The van der Waals surface area contributed by atoms with Gasteiger partial charge in [-0.2, -0.15) is 5.26 Å². The summed E-state index contributed by atoms with van der Waals surface area (Å²) in [6.07, 6.45) is 3.81. The molecule has 1 fully saturated rings. The molecule has 176 valence electrons. The van der Waals surface area contributed by atoms with Gasteiger partial charge in [-0.3, -0.25) is 9.69 Å². The van der Waals surface area contributed by atoms with Crippen molar-refractivity contribution >= 4 is 57.7 Å². The zero-order chi connectivity index (χ0) is 24.8. The van der Waals surface area contributed by atoms with Crippen LogP contribution < -0.4 is 14.4 Å². The van der Waals surface area contributed by atoms with Gasteiger partial charge in [0.2, 0.25) is 0 Å². The molecule has 0 aromatic heterocycles. The molecule has 0 atom stereocenters. The lowest BCUT2D eigenvalue weighted by atomic mass is 10.1. The predicted molar refractivity (Wildman–Crippen MR) is 147 cm³/mol.